The monoisotopic (exact) mass is 502 g/mol. The molecule has 9 heteroatoms. The summed E-state index contributed by atoms with van der Waals surface area (Å²) in [5.41, 5.74) is 2.97. The lowest BCUT2D eigenvalue weighted by molar-refractivity contribution is -0.135. The second-order valence-corrected chi connectivity index (χ2v) is 9.95. The van der Waals surface area contributed by atoms with Crippen molar-refractivity contribution in [2.45, 2.75) is 44.4 Å². The van der Waals surface area contributed by atoms with Gasteiger partial charge < -0.3 is 25.9 Å². The normalized spacial score (nSPS) is 13.4. The van der Waals surface area contributed by atoms with Crippen molar-refractivity contribution in [1.29, 1.82) is 0 Å². The van der Waals surface area contributed by atoms with Crippen molar-refractivity contribution in [3.8, 4) is 0 Å². The fourth-order valence-electron chi connectivity index (χ4n) is 4.29. The molecule has 0 radical (unpaired) electrons. The summed E-state index contributed by atoms with van der Waals surface area (Å²) in [4.78, 5) is 46.5. The number of H-pyrrole nitrogens is 2. The van der Waals surface area contributed by atoms with Gasteiger partial charge in [0.05, 0.1) is 5.54 Å². The Hall–Kier alpha value is -4.11. The van der Waals surface area contributed by atoms with Crippen LogP contribution in [0, 0.1) is 0 Å². The number of hydrogen-bond donors (Lipinski definition) is 5. The maximum absolute atomic E-state index is 13.6. The molecular formula is C28H34N6O3. The zero-order valence-electron chi connectivity index (χ0n) is 21.6. The molecule has 0 saturated carbocycles. The molecule has 0 bridgehead atoms. The molecule has 0 fully saturated rings. The third-order valence-corrected chi connectivity index (χ3v) is 7.08. The Bertz CT molecular complexity index is 1400. The fourth-order valence-corrected chi connectivity index (χ4v) is 4.29. The molecule has 4 aromatic rings. The Morgan fingerprint density at radius 2 is 1.43 bits per heavy atom. The van der Waals surface area contributed by atoms with Crippen molar-refractivity contribution < 1.29 is 14.4 Å². The average Bonchev–Trinajstić information content (AvgIpc) is 3.48. The predicted molar refractivity (Wildman–Crippen MR) is 145 cm³/mol. The average molecular weight is 503 g/mol. The van der Waals surface area contributed by atoms with E-state index in [0.717, 1.165) is 32.9 Å². The SMILES string of the molecule is CN(C)C(C)(C)C(=O)N[C@H](Cc1c[nH]c2ccccc12)C(=O)N[C@H](Cc1c[nH]c2ccccc12)NC=O. The van der Waals surface area contributed by atoms with Gasteiger partial charge in [0.25, 0.3) is 0 Å². The first-order chi connectivity index (χ1) is 17.7. The van der Waals surface area contributed by atoms with E-state index in [2.05, 4.69) is 25.9 Å². The van der Waals surface area contributed by atoms with Gasteiger partial charge in [-0.1, -0.05) is 36.4 Å². The number of aromatic amines is 2. The summed E-state index contributed by atoms with van der Waals surface area (Å²) in [6, 6.07) is 14.8. The molecule has 9 nitrogen and oxygen atoms in total. The standard InChI is InChI=1S/C28H34N6O3/c1-28(2,34(3)4)27(37)32-24(13-18-15-29-22-11-7-5-9-20(18)22)26(36)33-25(31-17-35)14-19-16-30-23-12-8-6-10-21(19)23/h5-12,15-17,24-25,29-30H,13-14H2,1-4H3,(H,31,35)(H,32,37)(H,33,36)/t24-,25-/m1/s1. The van der Waals surface area contributed by atoms with Gasteiger partial charge in [-0.15, -0.1) is 0 Å². The van der Waals surface area contributed by atoms with Gasteiger partial charge in [0.1, 0.15) is 12.2 Å². The zero-order chi connectivity index (χ0) is 26.6. The molecule has 0 aliphatic heterocycles. The van der Waals surface area contributed by atoms with Gasteiger partial charge in [0.15, 0.2) is 0 Å². The zero-order valence-corrected chi connectivity index (χ0v) is 21.6. The van der Waals surface area contributed by atoms with Crippen LogP contribution in [0.5, 0.6) is 0 Å². The molecule has 0 saturated heterocycles. The summed E-state index contributed by atoms with van der Waals surface area (Å²) < 4.78 is 0. The van der Waals surface area contributed by atoms with Crippen molar-refractivity contribution in [1.82, 2.24) is 30.8 Å². The summed E-state index contributed by atoms with van der Waals surface area (Å²) in [5, 5.41) is 10.6. The van der Waals surface area contributed by atoms with Crippen LogP contribution in [0.4, 0.5) is 0 Å². The van der Waals surface area contributed by atoms with Crippen LogP contribution in [0.25, 0.3) is 21.8 Å². The molecule has 2 aromatic heterocycles. The van der Waals surface area contributed by atoms with Crippen LogP contribution in [-0.2, 0) is 27.2 Å². The Kier molecular flexibility index (Phi) is 7.63. The first kappa shape index (κ1) is 26.0. The summed E-state index contributed by atoms with van der Waals surface area (Å²) in [6.45, 7) is 3.60. The van der Waals surface area contributed by atoms with Crippen LogP contribution in [0.3, 0.4) is 0 Å². The van der Waals surface area contributed by atoms with Crippen LogP contribution in [-0.4, -0.2) is 64.9 Å². The van der Waals surface area contributed by atoms with Crippen LogP contribution in [0.2, 0.25) is 0 Å². The minimum Gasteiger partial charge on any atom is -0.361 e. The molecule has 0 unspecified atom stereocenters. The van der Waals surface area contributed by atoms with Gasteiger partial charge in [-0.2, -0.15) is 0 Å². The van der Waals surface area contributed by atoms with Crippen molar-refractivity contribution >= 4 is 40.0 Å². The third kappa shape index (κ3) is 5.67. The van der Waals surface area contributed by atoms with Gasteiger partial charge in [0.2, 0.25) is 18.2 Å². The highest BCUT2D eigenvalue weighted by molar-refractivity contribution is 5.93. The van der Waals surface area contributed by atoms with Gasteiger partial charge >= 0.3 is 0 Å². The van der Waals surface area contributed by atoms with E-state index >= 15 is 0 Å². The molecule has 0 aliphatic carbocycles. The lowest BCUT2D eigenvalue weighted by Crippen LogP contribution is -2.59. The molecule has 37 heavy (non-hydrogen) atoms. The number of aromatic nitrogens is 2. The van der Waals surface area contributed by atoms with E-state index < -0.39 is 17.7 Å². The minimum absolute atomic E-state index is 0.269. The van der Waals surface area contributed by atoms with E-state index in [1.807, 2.05) is 75.0 Å². The molecule has 2 heterocycles. The quantitative estimate of drug-likeness (QED) is 0.160. The van der Waals surface area contributed by atoms with Gasteiger partial charge in [-0.25, -0.2) is 0 Å². The molecule has 5 N–H and O–H groups in total. The van der Waals surface area contributed by atoms with Crippen molar-refractivity contribution in [3.63, 3.8) is 0 Å². The first-order valence-corrected chi connectivity index (χ1v) is 12.3. The Morgan fingerprint density at radius 3 is 1.97 bits per heavy atom. The highest BCUT2D eigenvalue weighted by Gasteiger charge is 2.34. The third-order valence-electron chi connectivity index (χ3n) is 7.08. The van der Waals surface area contributed by atoms with E-state index in [-0.39, 0.29) is 18.2 Å². The summed E-state index contributed by atoms with van der Waals surface area (Å²) in [6.07, 6.45) is 4.32. The molecule has 2 aromatic carbocycles. The summed E-state index contributed by atoms with van der Waals surface area (Å²) in [5.74, 6) is -0.651. The number of hydrogen-bond acceptors (Lipinski definition) is 4. The highest BCUT2D eigenvalue weighted by atomic mass is 16.2. The number of nitrogens with zero attached hydrogens (tertiary/aromatic N) is 1. The number of para-hydroxylation sites is 2. The van der Waals surface area contributed by atoms with Crippen molar-refractivity contribution in [2.24, 2.45) is 0 Å². The maximum atomic E-state index is 13.6. The highest BCUT2D eigenvalue weighted by Crippen LogP contribution is 2.21. The largest absolute Gasteiger partial charge is 0.361 e. The van der Waals surface area contributed by atoms with Crippen molar-refractivity contribution in [2.75, 3.05) is 14.1 Å². The second kappa shape index (κ2) is 10.9. The van der Waals surface area contributed by atoms with Crippen molar-refractivity contribution in [3.05, 3.63) is 72.1 Å². The lowest BCUT2D eigenvalue weighted by atomic mass is 9.99. The molecule has 0 spiro atoms. The summed E-state index contributed by atoms with van der Waals surface area (Å²) in [7, 11) is 3.64. The molecular weight excluding hydrogens is 468 g/mol. The minimum atomic E-state index is -0.857. The van der Waals surface area contributed by atoms with E-state index in [9.17, 15) is 14.4 Å². The molecule has 4 rings (SSSR count). The lowest BCUT2D eigenvalue weighted by Gasteiger charge is -2.33. The Balaban J connectivity index is 1.58. The van der Waals surface area contributed by atoms with Crippen LogP contribution >= 0.6 is 0 Å². The topological polar surface area (TPSA) is 122 Å². The van der Waals surface area contributed by atoms with E-state index in [0.29, 0.717) is 12.8 Å². The van der Waals surface area contributed by atoms with Gasteiger partial charge in [0, 0.05) is 47.0 Å². The summed E-state index contributed by atoms with van der Waals surface area (Å²) >= 11 is 0. The predicted octanol–water partition coefficient (Wildman–Crippen LogP) is 2.45. The maximum Gasteiger partial charge on any atom is 0.244 e. The Morgan fingerprint density at radius 1 is 0.892 bits per heavy atom. The van der Waals surface area contributed by atoms with Crippen LogP contribution in [0.15, 0.2) is 60.9 Å². The first-order valence-electron chi connectivity index (χ1n) is 12.3. The number of benzene rings is 2. The number of likely N-dealkylation sites (N-methyl/N-ethyl adjacent to an activating group) is 1. The molecule has 3 amide bonds. The number of rotatable bonds is 11. The molecule has 194 valence electrons. The van der Waals surface area contributed by atoms with Gasteiger partial charge in [-0.05, 0) is 51.2 Å². The van der Waals surface area contributed by atoms with E-state index in [4.69, 9.17) is 0 Å². The number of amides is 3. The van der Waals surface area contributed by atoms with Crippen LogP contribution < -0.4 is 16.0 Å². The fraction of sp³-hybridized carbons (Fsp3) is 0.321. The van der Waals surface area contributed by atoms with E-state index in [1.165, 1.54) is 0 Å². The smallest absolute Gasteiger partial charge is 0.244 e. The number of carbonyl (C=O) groups excluding carboxylic acids is 3. The van der Waals surface area contributed by atoms with Gasteiger partial charge in [-0.3, -0.25) is 19.3 Å². The van der Waals surface area contributed by atoms with E-state index in [1.54, 1.807) is 18.7 Å². The number of carbonyl (C=O) groups is 3. The molecule has 0 aliphatic rings. The molecule has 2 atom stereocenters. The number of fused-ring (bicyclic) bond motifs is 2. The second-order valence-electron chi connectivity index (χ2n) is 9.95. The van der Waals surface area contributed by atoms with Crippen LogP contribution in [0.1, 0.15) is 25.0 Å². The number of nitrogens with one attached hydrogen (secondary N) is 5. The Labute approximate surface area is 216 Å².